The zero-order chi connectivity index (χ0) is 6.83. The predicted molar refractivity (Wildman–Crippen MR) is 42.0 cm³/mol. The van der Waals surface area contributed by atoms with Crippen molar-refractivity contribution < 1.29 is 0 Å². The van der Waals surface area contributed by atoms with Gasteiger partial charge in [-0.25, -0.2) is 0 Å². The molecule has 0 radical (unpaired) electrons. The molecule has 8 heavy (non-hydrogen) atoms. The first-order valence-electron chi connectivity index (χ1n) is 2.95. The van der Waals surface area contributed by atoms with Crippen molar-refractivity contribution in [3.8, 4) is 0 Å². The maximum atomic E-state index is 5.05. The Morgan fingerprint density at radius 2 is 1.12 bits per heavy atom. The van der Waals surface area contributed by atoms with E-state index in [9.17, 15) is 0 Å². The second-order valence-corrected chi connectivity index (χ2v) is 2.13. The molecule has 0 atom stereocenters. The van der Waals surface area contributed by atoms with E-state index in [4.69, 9.17) is 23.2 Å². The number of hydrogen-bond donors (Lipinski definition) is 0. The number of halogens is 2. The van der Waals surface area contributed by atoms with Gasteiger partial charge in [0.05, 0.1) is 0 Å². The van der Waals surface area contributed by atoms with Gasteiger partial charge in [0.25, 0.3) is 0 Å². The molecule has 0 fully saturated rings. The molecule has 0 aliphatic carbocycles. The maximum Gasteiger partial charge on any atom is 0.0359 e. The number of hydrogen-bond acceptors (Lipinski definition) is 0. The Labute approximate surface area is 62.2 Å². The van der Waals surface area contributed by atoms with Gasteiger partial charge in [-0.2, -0.15) is 0 Å². The highest BCUT2D eigenvalue weighted by Crippen LogP contribution is 1.76. The van der Waals surface area contributed by atoms with Crippen molar-refractivity contribution in [2.75, 3.05) is 11.8 Å². The third-order valence-electron chi connectivity index (χ3n) is 0.571. The fraction of sp³-hybridized carbons (Fsp3) is 1.00. The summed E-state index contributed by atoms with van der Waals surface area (Å²) < 4.78 is 0. The Hall–Kier alpha value is 0.580. The largest absolute Gasteiger partial charge is 0.125 e. The Morgan fingerprint density at radius 3 is 1.12 bits per heavy atom. The second kappa shape index (κ2) is 15.6. The van der Waals surface area contributed by atoms with Gasteiger partial charge >= 0.3 is 0 Å². The van der Waals surface area contributed by atoms with E-state index in [0.717, 1.165) is 0 Å². The maximum absolute atomic E-state index is 5.05. The molecule has 0 saturated heterocycles. The summed E-state index contributed by atoms with van der Waals surface area (Å²) in [6.45, 7) is 4.36. The number of alkyl halides is 2. The van der Waals surface area contributed by atoms with Crippen molar-refractivity contribution in [2.45, 2.75) is 26.7 Å². The fourth-order valence-electron chi connectivity index (χ4n) is 0. The van der Waals surface area contributed by atoms with Gasteiger partial charge in [0.15, 0.2) is 0 Å². The van der Waals surface area contributed by atoms with Gasteiger partial charge < -0.3 is 0 Å². The zero-order valence-corrected chi connectivity index (χ0v) is 7.10. The summed E-state index contributed by atoms with van der Waals surface area (Å²) in [6, 6.07) is 0. The minimum absolute atomic E-state index is 0.557. The smallest absolute Gasteiger partial charge is 0.0359 e. The molecule has 0 heterocycles. The van der Waals surface area contributed by atoms with Gasteiger partial charge in [0.1, 0.15) is 0 Å². The van der Waals surface area contributed by atoms with Crippen LogP contribution >= 0.6 is 23.2 Å². The van der Waals surface area contributed by atoms with Crippen LogP contribution in [0.2, 0.25) is 0 Å². The van der Waals surface area contributed by atoms with Crippen molar-refractivity contribution in [3.63, 3.8) is 0 Å². The molecule has 0 aromatic heterocycles. The van der Waals surface area contributed by atoms with Crippen LogP contribution in [0.5, 0.6) is 0 Å². The van der Waals surface area contributed by atoms with Crippen LogP contribution in [0.15, 0.2) is 0 Å². The van der Waals surface area contributed by atoms with Crippen molar-refractivity contribution in [2.24, 2.45) is 0 Å². The molecule has 0 unspecified atom stereocenters. The molecule has 0 aromatic rings. The first-order valence-corrected chi connectivity index (χ1v) is 4.02. The molecule has 0 aliphatic rings. The molecule has 0 aliphatic heterocycles. The molecule has 0 spiro atoms. The summed E-state index contributed by atoms with van der Waals surface area (Å²) in [5.74, 6) is 1.11. The van der Waals surface area contributed by atoms with E-state index in [0.29, 0.717) is 11.8 Å². The fourth-order valence-corrected chi connectivity index (χ4v) is 0. The Balaban J connectivity index is 0. The van der Waals surface area contributed by atoms with Crippen molar-refractivity contribution in [1.29, 1.82) is 0 Å². The summed E-state index contributed by atoms with van der Waals surface area (Å²) in [7, 11) is 0. The second-order valence-electron chi connectivity index (χ2n) is 1.38. The minimum Gasteiger partial charge on any atom is -0.125 e. The summed E-state index contributed by atoms with van der Waals surface area (Å²) in [6.07, 6.45) is 2.64. The van der Waals surface area contributed by atoms with Crippen LogP contribution in [0.3, 0.4) is 0 Å². The Kier molecular flexibility index (Phi) is 22.3. The molecular formula is C6H14Cl2. The van der Waals surface area contributed by atoms with E-state index in [1.807, 2.05) is 0 Å². The van der Waals surface area contributed by atoms with Gasteiger partial charge in [0.2, 0.25) is 0 Å². The lowest BCUT2D eigenvalue weighted by molar-refractivity contribution is 0.886. The van der Waals surface area contributed by atoms with Gasteiger partial charge in [0, 0.05) is 11.8 Å². The molecule has 0 N–H and O–H groups in total. The van der Waals surface area contributed by atoms with Crippen LogP contribution in [-0.2, 0) is 0 Å². The molecule has 0 bridgehead atoms. The van der Waals surface area contributed by atoms with E-state index in [2.05, 4.69) is 13.8 Å². The third-order valence-corrected chi connectivity index (χ3v) is 1.14. The monoisotopic (exact) mass is 156 g/mol. The molecule has 0 rings (SSSR count). The third kappa shape index (κ3) is 30.8. The first kappa shape index (κ1) is 11.4. The van der Waals surface area contributed by atoms with Crippen LogP contribution in [0.1, 0.15) is 26.7 Å². The molecule has 0 amide bonds. The number of rotatable bonds is 2. The van der Waals surface area contributed by atoms with E-state index in [1.165, 1.54) is 12.8 Å². The van der Waals surface area contributed by atoms with E-state index >= 15 is 0 Å². The molecule has 0 aromatic carbocycles. The normalized spacial score (nSPS) is 7.50. The van der Waals surface area contributed by atoms with E-state index in [1.54, 1.807) is 0 Å². The Morgan fingerprint density at radius 1 is 0.875 bits per heavy atom. The van der Waals surface area contributed by atoms with Crippen LogP contribution in [0, 0.1) is 0 Å². The summed E-state index contributed by atoms with van der Waals surface area (Å²) in [5, 5.41) is 0. The lowest BCUT2D eigenvalue weighted by atomic mass is 10.4. The van der Waals surface area contributed by atoms with Crippen molar-refractivity contribution in [1.82, 2.24) is 0 Å². The summed E-state index contributed by atoms with van der Waals surface area (Å²) in [4.78, 5) is 0. The predicted octanol–water partition coefficient (Wildman–Crippen LogP) is 3.27. The van der Waals surface area contributed by atoms with Gasteiger partial charge in [-0.15, -0.1) is 23.2 Å². The quantitative estimate of drug-likeness (QED) is 0.539. The van der Waals surface area contributed by atoms with E-state index in [-0.39, 0.29) is 0 Å². The minimum atomic E-state index is 0.557. The summed E-state index contributed by atoms with van der Waals surface area (Å²) >= 11 is 10.1. The average molecular weight is 157 g/mol. The average Bonchev–Trinajstić information content (AvgIpc) is 1.88. The molecule has 0 saturated carbocycles. The first-order chi connectivity index (χ1) is 3.83. The van der Waals surface area contributed by atoms with E-state index < -0.39 is 0 Å². The highest BCUT2D eigenvalue weighted by Gasteiger charge is 1.61. The van der Waals surface area contributed by atoms with Gasteiger partial charge in [-0.1, -0.05) is 26.7 Å². The lowest BCUT2D eigenvalue weighted by Crippen LogP contribution is -1.63. The zero-order valence-electron chi connectivity index (χ0n) is 5.58. The highest BCUT2D eigenvalue weighted by molar-refractivity contribution is 6.25. The van der Waals surface area contributed by atoms with Gasteiger partial charge in [-0.05, 0) is 0 Å². The number of unbranched alkanes of at least 4 members (excludes halogenated alkanes) is 1. The SMILES string of the molecule is CCCC.ClCCCl. The van der Waals surface area contributed by atoms with Crippen LogP contribution in [0.25, 0.3) is 0 Å². The van der Waals surface area contributed by atoms with Gasteiger partial charge in [-0.3, -0.25) is 0 Å². The molecule has 2 heteroatoms. The molecular weight excluding hydrogens is 143 g/mol. The molecule has 52 valence electrons. The van der Waals surface area contributed by atoms with Crippen molar-refractivity contribution in [3.05, 3.63) is 0 Å². The van der Waals surface area contributed by atoms with Crippen molar-refractivity contribution >= 4 is 23.2 Å². The standard InChI is InChI=1S/C4H10.C2H4Cl2/c1-3-4-2;3-1-2-4/h3-4H2,1-2H3;1-2H2. The topological polar surface area (TPSA) is 0 Å². The Bertz CT molecular complexity index is 14.5. The lowest BCUT2D eigenvalue weighted by Gasteiger charge is -1.68. The molecule has 0 nitrogen and oxygen atoms in total. The van der Waals surface area contributed by atoms with Crippen LogP contribution in [0.4, 0.5) is 0 Å². The van der Waals surface area contributed by atoms with Crippen LogP contribution < -0.4 is 0 Å². The summed E-state index contributed by atoms with van der Waals surface area (Å²) in [5.41, 5.74) is 0. The van der Waals surface area contributed by atoms with Crippen LogP contribution in [-0.4, -0.2) is 11.8 Å². The highest BCUT2D eigenvalue weighted by atomic mass is 35.5.